The van der Waals surface area contributed by atoms with Crippen molar-refractivity contribution in [1.82, 2.24) is 20.6 Å². The molecule has 2 atom stereocenters. The highest BCUT2D eigenvalue weighted by atomic mass is 16.2. The number of amides is 1. The summed E-state index contributed by atoms with van der Waals surface area (Å²) in [6.45, 7) is 4.48. The van der Waals surface area contributed by atoms with E-state index in [1.807, 2.05) is 80.7 Å². The number of aromatic nitrogens is 2. The minimum atomic E-state index is -0.814. The summed E-state index contributed by atoms with van der Waals surface area (Å²) in [7, 11) is 0. The zero-order valence-corrected chi connectivity index (χ0v) is 17.9. The summed E-state index contributed by atoms with van der Waals surface area (Å²) < 4.78 is 0. The van der Waals surface area contributed by atoms with Gasteiger partial charge in [-0.1, -0.05) is 54.6 Å². The Hall–Kier alpha value is -3.44. The molecule has 2 aromatic carbocycles. The van der Waals surface area contributed by atoms with Gasteiger partial charge in [-0.3, -0.25) is 15.1 Å². The predicted molar refractivity (Wildman–Crippen MR) is 124 cm³/mol. The Kier molecular flexibility index (Phi) is 6.14. The van der Waals surface area contributed by atoms with Gasteiger partial charge in [0.15, 0.2) is 0 Å². The van der Waals surface area contributed by atoms with E-state index in [1.165, 1.54) is 0 Å². The van der Waals surface area contributed by atoms with Crippen LogP contribution in [0.2, 0.25) is 0 Å². The van der Waals surface area contributed by atoms with Crippen molar-refractivity contribution in [1.29, 1.82) is 0 Å². The number of rotatable bonds is 8. The molecule has 4 rings (SSSR count). The lowest BCUT2D eigenvalue weighted by molar-refractivity contribution is -0.127. The van der Waals surface area contributed by atoms with E-state index >= 15 is 0 Å². The van der Waals surface area contributed by atoms with Gasteiger partial charge in [0.05, 0.1) is 17.3 Å². The highest BCUT2D eigenvalue weighted by Gasteiger charge is 2.34. The van der Waals surface area contributed by atoms with E-state index in [2.05, 4.69) is 32.7 Å². The van der Waals surface area contributed by atoms with Gasteiger partial charge in [-0.05, 0) is 43.2 Å². The zero-order chi connectivity index (χ0) is 21.7. The summed E-state index contributed by atoms with van der Waals surface area (Å²) in [4.78, 5) is 21.2. The van der Waals surface area contributed by atoms with Gasteiger partial charge in [0.2, 0.25) is 5.91 Å². The Morgan fingerprint density at radius 2 is 1.77 bits per heavy atom. The number of hydrogen-bond donors (Lipinski definition) is 3. The van der Waals surface area contributed by atoms with Gasteiger partial charge in [-0.15, -0.1) is 0 Å². The van der Waals surface area contributed by atoms with Crippen molar-refractivity contribution in [2.24, 2.45) is 0 Å². The third-order valence-corrected chi connectivity index (χ3v) is 5.75. The lowest BCUT2D eigenvalue weighted by Crippen LogP contribution is -2.56. The number of nitrogens with one attached hydrogen (secondary N) is 3. The molecule has 4 aromatic rings. The van der Waals surface area contributed by atoms with Crippen molar-refractivity contribution in [2.45, 2.75) is 38.4 Å². The van der Waals surface area contributed by atoms with Gasteiger partial charge < -0.3 is 10.3 Å². The second-order valence-electron chi connectivity index (χ2n) is 8.15. The largest absolute Gasteiger partial charge is 0.361 e. The molecule has 0 saturated heterocycles. The van der Waals surface area contributed by atoms with Crippen LogP contribution >= 0.6 is 0 Å². The van der Waals surface area contributed by atoms with Crippen LogP contribution in [0.4, 0.5) is 0 Å². The highest BCUT2D eigenvalue weighted by molar-refractivity contribution is 5.89. The van der Waals surface area contributed by atoms with Crippen LogP contribution in [0.25, 0.3) is 10.9 Å². The Morgan fingerprint density at radius 1 is 1.03 bits per heavy atom. The van der Waals surface area contributed by atoms with Gasteiger partial charge in [-0.2, -0.15) is 0 Å². The number of fused-ring (bicyclic) bond motifs is 1. The van der Waals surface area contributed by atoms with Crippen LogP contribution in [-0.4, -0.2) is 21.4 Å². The number of aromatic amines is 1. The van der Waals surface area contributed by atoms with Crippen LogP contribution in [-0.2, 0) is 17.8 Å². The lowest BCUT2D eigenvalue weighted by Gasteiger charge is -2.31. The zero-order valence-electron chi connectivity index (χ0n) is 17.9. The topological polar surface area (TPSA) is 69.8 Å². The molecule has 0 fully saturated rings. The molecule has 2 aromatic heterocycles. The first-order valence-electron chi connectivity index (χ1n) is 10.6. The van der Waals surface area contributed by atoms with Gasteiger partial charge in [-0.25, -0.2) is 0 Å². The fraction of sp³-hybridized carbons (Fsp3) is 0.231. The number of benzene rings is 2. The first-order valence-corrected chi connectivity index (χ1v) is 10.6. The number of carbonyl (C=O) groups is 1. The third kappa shape index (κ3) is 4.84. The van der Waals surface area contributed by atoms with Crippen molar-refractivity contribution < 1.29 is 4.79 Å². The second-order valence-corrected chi connectivity index (χ2v) is 8.15. The van der Waals surface area contributed by atoms with Crippen molar-refractivity contribution >= 4 is 16.8 Å². The van der Waals surface area contributed by atoms with E-state index in [-0.39, 0.29) is 11.9 Å². The molecule has 5 heteroatoms. The minimum Gasteiger partial charge on any atom is -0.361 e. The molecule has 1 amide bonds. The molecule has 3 N–H and O–H groups in total. The minimum absolute atomic E-state index is 0.0370. The van der Waals surface area contributed by atoms with Crippen molar-refractivity contribution in [3.05, 3.63) is 102 Å². The normalized spacial score (nSPS) is 14.1. The monoisotopic (exact) mass is 412 g/mol. The fourth-order valence-electron chi connectivity index (χ4n) is 3.85. The molecular formula is C26H28N4O. The van der Waals surface area contributed by atoms with E-state index < -0.39 is 5.54 Å². The molecule has 0 spiro atoms. The average molecular weight is 413 g/mol. The molecule has 0 radical (unpaired) electrons. The molecule has 5 nitrogen and oxygen atoms in total. The first-order chi connectivity index (χ1) is 15.0. The summed E-state index contributed by atoms with van der Waals surface area (Å²) in [6, 6.07) is 23.9. The van der Waals surface area contributed by atoms with E-state index in [0.29, 0.717) is 13.0 Å². The standard InChI is InChI=1S/C26H28N4O/c1-19(20-10-4-3-5-11-20)30-25(31)26(2,29-18-22-12-8-9-15-27-22)16-21-17-28-24-14-7-6-13-23(21)24/h3-15,17,19,28-29H,16,18H2,1-2H3,(H,30,31). The number of para-hydroxylation sites is 1. The fourth-order valence-corrected chi connectivity index (χ4v) is 3.85. The van der Waals surface area contributed by atoms with E-state index in [1.54, 1.807) is 6.20 Å². The Labute approximate surface area is 182 Å². The van der Waals surface area contributed by atoms with Crippen LogP contribution in [0, 0.1) is 0 Å². The second kappa shape index (κ2) is 9.14. The number of nitrogens with zero attached hydrogens (tertiary/aromatic N) is 1. The van der Waals surface area contributed by atoms with Crippen molar-refractivity contribution in [3.8, 4) is 0 Å². The SMILES string of the molecule is CC(NC(=O)C(C)(Cc1c[nH]c2ccccc12)NCc1ccccn1)c1ccccc1. The maximum atomic E-state index is 13.5. The van der Waals surface area contributed by atoms with Crippen LogP contribution in [0.5, 0.6) is 0 Å². The van der Waals surface area contributed by atoms with Crippen molar-refractivity contribution in [3.63, 3.8) is 0 Å². The van der Waals surface area contributed by atoms with E-state index in [0.717, 1.165) is 27.7 Å². The summed E-state index contributed by atoms with van der Waals surface area (Å²) >= 11 is 0. The number of carbonyl (C=O) groups excluding carboxylic acids is 1. The lowest BCUT2D eigenvalue weighted by atomic mass is 9.90. The van der Waals surface area contributed by atoms with Crippen LogP contribution < -0.4 is 10.6 Å². The summed E-state index contributed by atoms with van der Waals surface area (Å²) in [5.74, 6) is -0.0370. The smallest absolute Gasteiger partial charge is 0.240 e. The average Bonchev–Trinajstić information content (AvgIpc) is 3.21. The molecule has 2 heterocycles. The third-order valence-electron chi connectivity index (χ3n) is 5.75. The molecule has 31 heavy (non-hydrogen) atoms. The number of pyridine rings is 1. The molecule has 0 saturated carbocycles. The Balaban J connectivity index is 1.58. The maximum Gasteiger partial charge on any atom is 0.240 e. The summed E-state index contributed by atoms with van der Waals surface area (Å²) in [5, 5.41) is 7.82. The van der Waals surface area contributed by atoms with E-state index in [9.17, 15) is 4.79 Å². The number of hydrogen-bond acceptors (Lipinski definition) is 3. The quantitative estimate of drug-likeness (QED) is 0.398. The molecular weight excluding hydrogens is 384 g/mol. The van der Waals surface area contributed by atoms with Crippen LogP contribution in [0.1, 0.15) is 36.7 Å². The van der Waals surface area contributed by atoms with Gasteiger partial charge in [0, 0.05) is 36.3 Å². The van der Waals surface area contributed by atoms with Gasteiger partial charge in [0.25, 0.3) is 0 Å². The molecule has 0 bridgehead atoms. The van der Waals surface area contributed by atoms with E-state index in [4.69, 9.17) is 0 Å². The van der Waals surface area contributed by atoms with Crippen molar-refractivity contribution in [2.75, 3.05) is 0 Å². The highest BCUT2D eigenvalue weighted by Crippen LogP contribution is 2.24. The van der Waals surface area contributed by atoms with Crippen LogP contribution in [0.3, 0.4) is 0 Å². The van der Waals surface area contributed by atoms with Gasteiger partial charge in [0.1, 0.15) is 0 Å². The molecule has 0 aliphatic heterocycles. The molecule has 158 valence electrons. The summed E-state index contributed by atoms with van der Waals surface area (Å²) in [6.07, 6.45) is 4.32. The van der Waals surface area contributed by atoms with Crippen LogP contribution in [0.15, 0.2) is 85.2 Å². The van der Waals surface area contributed by atoms with Gasteiger partial charge >= 0.3 is 0 Å². The number of H-pyrrole nitrogens is 1. The molecule has 0 aliphatic rings. The maximum absolute atomic E-state index is 13.5. The predicted octanol–water partition coefficient (Wildman–Crippen LogP) is 4.53. The Morgan fingerprint density at radius 3 is 2.55 bits per heavy atom. The first kappa shape index (κ1) is 20.8. The molecule has 0 aliphatic carbocycles. The Bertz CT molecular complexity index is 1140. The summed E-state index contributed by atoms with van der Waals surface area (Å²) in [5.41, 5.74) is 3.34. The molecule has 2 unspecified atom stereocenters.